The van der Waals surface area contributed by atoms with E-state index in [1.165, 1.54) is 4.31 Å². The van der Waals surface area contributed by atoms with Crippen molar-refractivity contribution in [2.75, 3.05) is 31.5 Å². The summed E-state index contributed by atoms with van der Waals surface area (Å²) in [6.07, 6.45) is 0. The second-order valence-electron chi connectivity index (χ2n) is 7.20. The molecule has 4 rings (SSSR count). The zero-order valence-electron chi connectivity index (χ0n) is 16.2. The van der Waals surface area contributed by atoms with Gasteiger partial charge < -0.3 is 10.2 Å². The van der Waals surface area contributed by atoms with Crippen molar-refractivity contribution in [2.24, 2.45) is 0 Å². The number of nitrogens with one attached hydrogen (secondary N) is 1. The highest BCUT2D eigenvalue weighted by Crippen LogP contribution is 2.23. The van der Waals surface area contributed by atoms with Gasteiger partial charge in [0.05, 0.1) is 4.90 Å². The molecule has 0 aromatic heterocycles. The number of carbonyl (C=O) groups is 1. The van der Waals surface area contributed by atoms with Crippen LogP contribution < -0.4 is 5.32 Å². The first kappa shape index (κ1) is 19.4. The van der Waals surface area contributed by atoms with Crippen LogP contribution in [0.3, 0.4) is 0 Å². The highest BCUT2D eigenvalue weighted by molar-refractivity contribution is 7.89. The van der Waals surface area contributed by atoms with E-state index < -0.39 is 10.0 Å². The highest BCUT2D eigenvalue weighted by Gasteiger charge is 2.30. The summed E-state index contributed by atoms with van der Waals surface area (Å²) in [5.41, 5.74) is 1.80. The third-order valence-corrected chi connectivity index (χ3v) is 7.05. The molecule has 7 heteroatoms. The van der Waals surface area contributed by atoms with Crippen LogP contribution in [0.5, 0.6) is 0 Å². The molecule has 6 nitrogen and oxygen atoms in total. The van der Waals surface area contributed by atoms with Crippen LogP contribution >= 0.6 is 0 Å². The highest BCUT2D eigenvalue weighted by atomic mass is 32.2. The summed E-state index contributed by atoms with van der Waals surface area (Å²) >= 11 is 0. The van der Waals surface area contributed by atoms with E-state index in [1.54, 1.807) is 17.0 Å². The number of benzene rings is 3. The maximum Gasteiger partial charge on any atom is 0.321 e. The quantitative estimate of drug-likeness (QED) is 0.717. The number of amides is 2. The van der Waals surface area contributed by atoms with E-state index >= 15 is 0 Å². The number of anilines is 1. The molecule has 1 aliphatic rings. The maximum atomic E-state index is 13.0. The predicted molar refractivity (Wildman–Crippen MR) is 114 cm³/mol. The van der Waals surface area contributed by atoms with Crippen LogP contribution in [0.15, 0.2) is 71.6 Å². The minimum absolute atomic E-state index is 0.210. The van der Waals surface area contributed by atoms with Gasteiger partial charge in [0.1, 0.15) is 0 Å². The lowest BCUT2D eigenvalue weighted by atomic mass is 10.1. The van der Waals surface area contributed by atoms with Gasteiger partial charge in [-0.25, -0.2) is 13.2 Å². The van der Waals surface area contributed by atoms with Gasteiger partial charge in [-0.15, -0.1) is 0 Å². The zero-order chi connectivity index (χ0) is 20.4. The van der Waals surface area contributed by atoms with Crippen molar-refractivity contribution in [3.05, 3.63) is 72.3 Å². The number of fused-ring (bicyclic) bond motifs is 1. The summed E-state index contributed by atoms with van der Waals surface area (Å²) in [7, 11) is -3.59. The van der Waals surface area contributed by atoms with Crippen LogP contribution in [-0.2, 0) is 10.0 Å². The minimum atomic E-state index is -3.59. The summed E-state index contributed by atoms with van der Waals surface area (Å²) in [6, 6.07) is 20.2. The van der Waals surface area contributed by atoms with Gasteiger partial charge in [0.2, 0.25) is 10.0 Å². The summed E-state index contributed by atoms with van der Waals surface area (Å²) in [4.78, 5) is 14.4. The van der Waals surface area contributed by atoms with E-state index in [9.17, 15) is 13.2 Å². The van der Waals surface area contributed by atoms with Crippen molar-refractivity contribution in [1.82, 2.24) is 9.21 Å². The molecule has 1 fully saturated rings. The standard InChI is InChI=1S/C22H23N3O3S/c1-17-5-4-8-20(15-17)23-22(26)24-11-13-25(14-12-24)29(27,28)21-10-9-18-6-2-3-7-19(18)16-21/h2-10,15-16H,11-14H2,1H3,(H,23,26). The van der Waals surface area contributed by atoms with Crippen LogP contribution in [-0.4, -0.2) is 49.8 Å². The van der Waals surface area contributed by atoms with Gasteiger partial charge in [-0.05, 0) is 47.5 Å². The molecular weight excluding hydrogens is 386 g/mol. The van der Waals surface area contributed by atoms with E-state index in [0.717, 1.165) is 22.0 Å². The first-order chi connectivity index (χ1) is 13.9. The molecular formula is C22H23N3O3S. The lowest BCUT2D eigenvalue weighted by molar-refractivity contribution is 0.184. The number of urea groups is 1. The second kappa shape index (κ2) is 7.85. The number of hydrogen-bond acceptors (Lipinski definition) is 3. The Balaban J connectivity index is 1.43. The number of aryl methyl sites for hydroxylation is 1. The monoisotopic (exact) mass is 409 g/mol. The molecule has 1 heterocycles. The van der Waals surface area contributed by atoms with E-state index in [4.69, 9.17) is 0 Å². The van der Waals surface area contributed by atoms with Crippen molar-refractivity contribution in [3.8, 4) is 0 Å². The zero-order valence-corrected chi connectivity index (χ0v) is 17.0. The Morgan fingerprint density at radius 3 is 2.31 bits per heavy atom. The molecule has 1 N–H and O–H groups in total. The SMILES string of the molecule is Cc1cccc(NC(=O)N2CCN(S(=O)(=O)c3ccc4ccccc4c3)CC2)c1. The third-order valence-electron chi connectivity index (χ3n) is 5.15. The van der Waals surface area contributed by atoms with Gasteiger partial charge in [-0.1, -0.05) is 42.5 Å². The molecule has 0 aliphatic carbocycles. The fourth-order valence-corrected chi connectivity index (χ4v) is 4.99. The molecule has 1 saturated heterocycles. The Hall–Kier alpha value is -2.90. The Bertz CT molecular complexity index is 1150. The summed E-state index contributed by atoms with van der Waals surface area (Å²) < 4.78 is 27.5. The third kappa shape index (κ3) is 4.11. The van der Waals surface area contributed by atoms with Gasteiger partial charge in [-0.3, -0.25) is 0 Å². The Morgan fingerprint density at radius 1 is 0.862 bits per heavy atom. The van der Waals surface area contributed by atoms with Crippen LogP contribution in [0.2, 0.25) is 0 Å². The fourth-order valence-electron chi connectivity index (χ4n) is 3.53. The van der Waals surface area contributed by atoms with Crippen LogP contribution in [0.4, 0.5) is 10.5 Å². The number of carbonyl (C=O) groups excluding carboxylic acids is 1. The average Bonchev–Trinajstić information content (AvgIpc) is 2.73. The smallest absolute Gasteiger partial charge is 0.321 e. The number of rotatable bonds is 3. The molecule has 2 amide bonds. The van der Waals surface area contributed by atoms with E-state index in [2.05, 4.69) is 5.32 Å². The lowest BCUT2D eigenvalue weighted by Gasteiger charge is -2.34. The first-order valence-corrected chi connectivity index (χ1v) is 11.0. The van der Waals surface area contributed by atoms with Crippen molar-refractivity contribution in [3.63, 3.8) is 0 Å². The van der Waals surface area contributed by atoms with E-state index in [0.29, 0.717) is 13.1 Å². The Morgan fingerprint density at radius 2 is 1.59 bits per heavy atom. The topological polar surface area (TPSA) is 69.7 Å². The molecule has 29 heavy (non-hydrogen) atoms. The van der Waals surface area contributed by atoms with E-state index in [-0.39, 0.29) is 24.0 Å². The van der Waals surface area contributed by atoms with Crippen LogP contribution in [0.25, 0.3) is 10.8 Å². The summed E-state index contributed by atoms with van der Waals surface area (Å²) in [5, 5.41) is 4.77. The Kier molecular flexibility index (Phi) is 5.25. The van der Waals surface area contributed by atoms with Gasteiger partial charge in [-0.2, -0.15) is 4.31 Å². The second-order valence-corrected chi connectivity index (χ2v) is 9.14. The lowest BCUT2D eigenvalue weighted by Crippen LogP contribution is -2.51. The van der Waals surface area contributed by atoms with Gasteiger partial charge >= 0.3 is 6.03 Å². The molecule has 0 bridgehead atoms. The van der Waals surface area contributed by atoms with Gasteiger partial charge in [0, 0.05) is 31.9 Å². The first-order valence-electron chi connectivity index (χ1n) is 9.55. The molecule has 0 spiro atoms. The Labute approximate surface area is 170 Å². The van der Waals surface area contributed by atoms with Crippen LogP contribution in [0, 0.1) is 6.92 Å². The average molecular weight is 410 g/mol. The van der Waals surface area contributed by atoms with Gasteiger partial charge in [0.15, 0.2) is 0 Å². The molecule has 3 aromatic rings. The largest absolute Gasteiger partial charge is 0.322 e. The maximum absolute atomic E-state index is 13.0. The van der Waals surface area contributed by atoms with Crippen molar-refractivity contribution >= 4 is 32.5 Å². The minimum Gasteiger partial charge on any atom is -0.322 e. The summed E-state index contributed by atoms with van der Waals surface area (Å²) in [5.74, 6) is 0. The van der Waals surface area contributed by atoms with E-state index in [1.807, 2.05) is 61.5 Å². The molecule has 0 atom stereocenters. The number of piperazine rings is 1. The van der Waals surface area contributed by atoms with Crippen LogP contribution in [0.1, 0.15) is 5.56 Å². The van der Waals surface area contributed by atoms with Crippen molar-refractivity contribution in [2.45, 2.75) is 11.8 Å². The predicted octanol–water partition coefficient (Wildman–Crippen LogP) is 3.69. The molecule has 1 aliphatic heterocycles. The van der Waals surface area contributed by atoms with Gasteiger partial charge in [0.25, 0.3) is 0 Å². The molecule has 0 unspecified atom stereocenters. The molecule has 0 radical (unpaired) electrons. The number of nitrogens with zero attached hydrogens (tertiary/aromatic N) is 2. The normalized spacial score (nSPS) is 15.4. The van der Waals surface area contributed by atoms with Crippen molar-refractivity contribution in [1.29, 1.82) is 0 Å². The number of hydrogen-bond donors (Lipinski definition) is 1. The molecule has 3 aromatic carbocycles. The molecule has 0 saturated carbocycles. The summed E-state index contributed by atoms with van der Waals surface area (Å²) in [6.45, 7) is 3.22. The van der Waals surface area contributed by atoms with Crippen molar-refractivity contribution < 1.29 is 13.2 Å². The number of sulfonamides is 1. The molecule has 150 valence electrons. The fraction of sp³-hybridized carbons (Fsp3) is 0.227.